The zero-order valence-electron chi connectivity index (χ0n) is 11.0. The van der Waals surface area contributed by atoms with Gasteiger partial charge in [0.05, 0.1) is 0 Å². The van der Waals surface area contributed by atoms with E-state index in [4.69, 9.17) is 10.5 Å². The van der Waals surface area contributed by atoms with Gasteiger partial charge in [-0.3, -0.25) is 0 Å². The van der Waals surface area contributed by atoms with Crippen LogP contribution in [0.5, 0.6) is 0 Å². The number of aromatic nitrogens is 2. The molecule has 0 bridgehead atoms. The minimum Gasteiger partial charge on any atom is -0.399 e. The fraction of sp³-hybridized carbons (Fsp3) is 0.400. The van der Waals surface area contributed by atoms with Gasteiger partial charge in [-0.25, -0.2) is 4.98 Å². The van der Waals surface area contributed by atoms with Crippen LogP contribution in [0.4, 0.5) is 5.69 Å². The van der Waals surface area contributed by atoms with Crippen molar-refractivity contribution in [2.75, 3.05) is 18.9 Å². The zero-order chi connectivity index (χ0) is 13.1. The van der Waals surface area contributed by atoms with Gasteiger partial charge in [-0.2, -0.15) is 0 Å². The molecule has 0 saturated carbocycles. The van der Waals surface area contributed by atoms with Crippen LogP contribution in [0.2, 0.25) is 0 Å². The molecule has 0 spiro atoms. The van der Waals surface area contributed by atoms with E-state index in [0.717, 1.165) is 49.7 Å². The average Bonchev–Trinajstić information content (AvgIpc) is 2.89. The zero-order valence-corrected chi connectivity index (χ0v) is 11.0. The van der Waals surface area contributed by atoms with E-state index >= 15 is 0 Å². The third-order valence-electron chi connectivity index (χ3n) is 3.68. The Morgan fingerprint density at radius 2 is 1.95 bits per heavy atom. The van der Waals surface area contributed by atoms with Crippen LogP contribution in [0.15, 0.2) is 36.7 Å². The molecule has 19 heavy (non-hydrogen) atoms. The molecule has 0 atom stereocenters. The molecule has 0 radical (unpaired) electrons. The predicted octanol–water partition coefficient (Wildman–Crippen LogP) is 2.56. The summed E-state index contributed by atoms with van der Waals surface area (Å²) >= 11 is 0. The number of nitrogens with zero attached hydrogens (tertiary/aromatic N) is 2. The minimum absolute atomic E-state index is 0.690. The number of nitrogens with two attached hydrogens (primary N) is 1. The van der Waals surface area contributed by atoms with Crippen LogP contribution in [-0.4, -0.2) is 22.8 Å². The van der Waals surface area contributed by atoms with Gasteiger partial charge in [0.1, 0.15) is 5.82 Å². The van der Waals surface area contributed by atoms with Crippen molar-refractivity contribution in [3.8, 4) is 11.4 Å². The van der Waals surface area contributed by atoms with Crippen LogP contribution in [0.1, 0.15) is 12.8 Å². The number of anilines is 1. The Morgan fingerprint density at radius 1 is 1.21 bits per heavy atom. The Morgan fingerprint density at radius 3 is 2.68 bits per heavy atom. The molecule has 100 valence electrons. The normalized spacial score (nSPS) is 16.6. The first-order chi connectivity index (χ1) is 9.33. The molecule has 4 heteroatoms. The molecule has 1 fully saturated rings. The Kier molecular flexibility index (Phi) is 3.51. The van der Waals surface area contributed by atoms with E-state index < -0.39 is 0 Å². The number of ether oxygens (including phenoxy) is 1. The molecule has 2 N–H and O–H groups in total. The maximum Gasteiger partial charge on any atom is 0.139 e. The van der Waals surface area contributed by atoms with E-state index in [1.165, 1.54) is 0 Å². The van der Waals surface area contributed by atoms with Gasteiger partial charge in [0.2, 0.25) is 0 Å². The van der Waals surface area contributed by atoms with Gasteiger partial charge in [0, 0.05) is 43.4 Å². The second-order valence-corrected chi connectivity index (χ2v) is 5.08. The molecule has 3 rings (SSSR count). The van der Waals surface area contributed by atoms with Gasteiger partial charge < -0.3 is 15.0 Å². The lowest BCUT2D eigenvalue weighted by molar-refractivity contribution is 0.0614. The highest BCUT2D eigenvalue weighted by molar-refractivity contribution is 5.59. The van der Waals surface area contributed by atoms with Crippen molar-refractivity contribution in [1.29, 1.82) is 0 Å². The lowest BCUT2D eigenvalue weighted by atomic mass is 10.0. The third kappa shape index (κ3) is 2.79. The van der Waals surface area contributed by atoms with Crippen molar-refractivity contribution in [3.63, 3.8) is 0 Å². The predicted molar refractivity (Wildman–Crippen MR) is 75.6 cm³/mol. The number of nitrogen functional groups attached to an aromatic ring is 1. The summed E-state index contributed by atoms with van der Waals surface area (Å²) in [5.74, 6) is 1.71. The second-order valence-electron chi connectivity index (χ2n) is 5.08. The summed E-state index contributed by atoms with van der Waals surface area (Å²) in [6, 6.07) is 7.89. The van der Waals surface area contributed by atoms with Crippen molar-refractivity contribution in [1.82, 2.24) is 9.55 Å². The standard InChI is InChI=1S/C15H19N3O/c16-14-3-1-13(2-4-14)15-17-7-8-18(15)11-12-5-9-19-10-6-12/h1-4,7-8,12H,5-6,9-11,16H2. The average molecular weight is 257 g/mol. The van der Waals surface area contributed by atoms with Crippen LogP contribution in [0.25, 0.3) is 11.4 Å². The fourth-order valence-electron chi connectivity index (χ4n) is 2.56. The van der Waals surface area contributed by atoms with Gasteiger partial charge in [0.15, 0.2) is 0 Å². The number of benzene rings is 1. The first kappa shape index (κ1) is 12.2. The maximum atomic E-state index is 5.73. The second kappa shape index (κ2) is 5.45. The highest BCUT2D eigenvalue weighted by atomic mass is 16.5. The summed E-state index contributed by atoms with van der Waals surface area (Å²) in [5, 5.41) is 0. The molecule has 2 heterocycles. The van der Waals surface area contributed by atoms with E-state index in [9.17, 15) is 0 Å². The number of hydrogen-bond acceptors (Lipinski definition) is 3. The monoisotopic (exact) mass is 257 g/mol. The van der Waals surface area contributed by atoms with Crippen molar-refractivity contribution in [2.24, 2.45) is 5.92 Å². The minimum atomic E-state index is 0.690. The van der Waals surface area contributed by atoms with Crippen molar-refractivity contribution < 1.29 is 4.74 Å². The number of imidazole rings is 1. The summed E-state index contributed by atoms with van der Waals surface area (Å²) in [6.45, 7) is 2.79. The van der Waals surface area contributed by atoms with Crippen LogP contribution in [0, 0.1) is 5.92 Å². The first-order valence-corrected chi connectivity index (χ1v) is 6.78. The van der Waals surface area contributed by atoms with Crippen LogP contribution in [-0.2, 0) is 11.3 Å². The molecule has 0 unspecified atom stereocenters. The maximum absolute atomic E-state index is 5.73. The van der Waals surface area contributed by atoms with E-state index in [1.807, 2.05) is 30.5 Å². The molecule has 0 aliphatic carbocycles. The first-order valence-electron chi connectivity index (χ1n) is 6.78. The Hall–Kier alpha value is -1.81. The summed E-state index contributed by atoms with van der Waals surface area (Å²) < 4.78 is 7.65. The van der Waals surface area contributed by atoms with E-state index in [-0.39, 0.29) is 0 Å². The Labute approximate surface area is 113 Å². The molecule has 1 aliphatic heterocycles. The smallest absolute Gasteiger partial charge is 0.139 e. The van der Waals surface area contributed by atoms with Crippen LogP contribution >= 0.6 is 0 Å². The quantitative estimate of drug-likeness (QED) is 0.860. The van der Waals surface area contributed by atoms with E-state index in [1.54, 1.807) is 0 Å². The Balaban J connectivity index is 1.79. The number of rotatable bonds is 3. The SMILES string of the molecule is Nc1ccc(-c2nccn2CC2CCOCC2)cc1. The van der Waals surface area contributed by atoms with Gasteiger partial charge in [-0.15, -0.1) is 0 Å². The van der Waals surface area contributed by atoms with Crippen molar-refractivity contribution in [3.05, 3.63) is 36.7 Å². The molecule has 1 aliphatic rings. The molecule has 1 aromatic heterocycles. The molecule has 1 saturated heterocycles. The van der Waals surface area contributed by atoms with E-state index in [2.05, 4.69) is 15.7 Å². The van der Waals surface area contributed by atoms with Gasteiger partial charge >= 0.3 is 0 Å². The lowest BCUT2D eigenvalue weighted by Crippen LogP contribution is -2.20. The lowest BCUT2D eigenvalue weighted by Gasteiger charge is -2.23. The third-order valence-corrected chi connectivity index (χ3v) is 3.68. The summed E-state index contributed by atoms with van der Waals surface area (Å²) in [6.07, 6.45) is 6.20. The largest absolute Gasteiger partial charge is 0.399 e. The van der Waals surface area contributed by atoms with E-state index in [0.29, 0.717) is 5.92 Å². The topological polar surface area (TPSA) is 53.1 Å². The molecule has 2 aromatic rings. The molecule has 1 aromatic carbocycles. The molecule has 4 nitrogen and oxygen atoms in total. The summed E-state index contributed by atoms with van der Waals surface area (Å²) in [7, 11) is 0. The molecule has 0 amide bonds. The van der Waals surface area contributed by atoms with Crippen LogP contribution < -0.4 is 5.73 Å². The van der Waals surface area contributed by atoms with Gasteiger partial charge in [-0.1, -0.05) is 0 Å². The summed E-state index contributed by atoms with van der Waals surface area (Å²) in [4.78, 5) is 4.47. The van der Waals surface area contributed by atoms with Crippen molar-refractivity contribution in [2.45, 2.75) is 19.4 Å². The highest BCUT2D eigenvalue weighted by Gasteiger charge is 2.16. The highest BCUT2D eigenvalue weighted by Crippen LogP contribution is 2.23. The molecular weight excluding hydrogens is 238 g/mol. The van der Waals surface area contributed by atoms with Gasteiger partial charge in [-0.05, 0) is 43.0 Å². The molecular formula is C15H19N3O. The Bertz CT molecular complexity index is 527. The number of hydrogen-bond donors (Lipinski definition) is 1. The fourth-order valence-corrected chi connectivity index (χ4v) is 2.56. The van der Waals surface area contributed by atoms with Crippen LogP contribution in [0.3, 0.4) is 0 Å². The van der Waals surface area contributed by atoms with Crippen molar-refractivity contribution >= 4 is 5.69 Å². The van der Waals surface area contributed by atoms with Gasteiger partial charge in [0.25, 0.3) is 0 Å². The summed E-state index contributed by atoms with van der Waals surface area (Å²) in [5.41, 5.74) is 7.63.